The van der Waals surface area contributed by atoms with Gasteiger partial charge in [-0.15, -0.1) is 0 Å². The highest BCUT2D eigenvalue weighted by atomic mass is 79.9. The molecule has 0 spiro atoms. The lowest BCUT2D eigenvalue weighted by Gasteiger charge is -2.00. The molecule has 14 heavy (non-hydrogen) atoms. The number of nitrogens with zero attached hydrogens (tertiary/aromatic N) is 2. The second-order valence-electron chi connectivity index (χ2n) is 3.62. The summed E-state index contributed by atoms with van der Waals surface area (Å²) in [5, 5.41) is 0. The molecule has 1 rings (SSSR count). The van der Waals surface area contributed by atoms with Crippen LogP contribution in [0.4, 0.5) is 0 Å². The number of imidazole rings is 1. The van der Waals surface area contributed by atoms with Crippen LogP contribution in [0.2, 0.25) is 0 Å². The topological polar surface area (TPSA) is 8.81 Å². The van der Waals surface area contributed by atoms with Gasteiger partial charge in [-0.1, -0.05) is 20.3 Å². The van der Waals surface area contributed by atoms with Crippen LogP contribution in [0.3, 0.4) is 0 Å². The highest BCUT2D eigenvalue weighted by Gasteiger charge is 2.11. The molecule has 0 aliphatic carbocycles. The van der Waals surface area contributed by atoms with Crippen LogP contribution in [0, 0.1) is 0 Å². The maximum atomic E-state index is 2.38. The molecular formula is C11H21BrN2. The molecule has 0 radical (unpaired) electrons. The Kier molecular flexibility index (Phi) is 6.89. The number of halogens is 1. The zero-order chi connectivity index (χ0) is 9.68. The van der Waals surface area contributed by atoms with Gasteiger partial charge in [0.2, 0.25) is 0 Å². The fourth-order valence-corrected chi connectivity index (χ4v) is 1.63. The summed E-state index contributed by atoms with van der Waals surface area (Å²) in [5.41, 5.74) is 0. The van der Waals surface area contributed by atoms with Gasteiger partial charge in [-0.2, -0.15) is 0 Å². The Morgan fingerprint density at radius 1 is 1.29 bits per heavy atom. The summed E-state index contributed by atoms with van der Waals surface area (Å²) < 4.78 is 4.62. The Morgan fingerprint density at radius 2 is 2.00 bits per heavy atom. The molecule has 1 aromatic heterocycles. The van der Waals surface area contributed by atoms with E-state index >= 15 is 0 Å². The number of hydrogen-bond donors (Lipinski definition) is 0. The van der Waals surface area contributed by atoms with E-state index in [4.69, 9.17) is 0 Å². The largest absolute Gasteiger partial charge is 1.00 e. The average molecular weight is 261 g/mol. The number of aryl methyl sites for hydroxylation is 2. The van der Waals surface area contributed by atoms with Gasteiger partial charge >= 0.3 is 0 Å². The Balaban J connectivity index is 0.00000169. The molecule has 2 nitrogen and oxygen atoms in total. The van der Waals surface area contributed by atoms with E-state index < -0.39 is 0 Å². The minimum Gasteiger partial charge on any atom is -1.00 e. The zero-order valence-electron chi connectivity index (χ0n) is 9.46. The van der Waals surface area contributed by atoms with Gasteiger partial charge in [0.15, 0.2) is 0 Å². The van der Waals surface area contributed by atoms with Gasteiger partial charge in [-0.25, -0.2) is 9.13 Å². The van der Waals surface area contributed by atoms with Crippen LogP contribution in [0.25, 0.3) is 0 Å². The van der Waals surface area contributed by atoms with Crippen molar-refractivity contribution in [3.05, 3.63) is 18.2 Å². The molecule has 0 saturated heterocycles. The van der Waals surface area contributed by atoms with Crippen molar-refractivity contribution in [2.24, 2.45) is 7.05 Å². The summed E-state index contributed by atoms with van der Waals surface area (Å²) in [6, 6.07) is 0. The maximum Gasteiger partial charge on any atom is 0.256 e. The third kappa shape index (κ3) is 3.45. The lowest BCUT2D eigenvalue weighted by Crippen LogP contribution is -3.00. The van der Waals surface area contributed by atoms with E-state index in [0.29, 0.717) is 0 Å². The predicted molar refractivity (Wildman–Crippen MR) is 54.5 cm³/mol. The molecule has 0 N–H and O–H groups in total. The number of hydrogen-bond acceptors (Lipinski definition) is 0. The third-order valence-electron chi connectivity index (χ3n) is 2.44. The summed E-state index contributed by atoms with van der Waals surface area (Å²) in [6.45, 7) is 5.65. The Labute approximate surface area is 97.7 Å². The second kappa shape index (κ2) is 7.04. The summed E-state index contributed by atoms with van der Waals surface area (Å²) in [7, 11) is 2.13. The van der Waals surface area contributed by atoms with E-state index in [1.807, 2.05) is 0 Å². The second-order valence-corrected chi connectivity index (χ2v) is 3.62. The summed E-state index contributed by atoms with van der Waals surface area (Å²) >= 11 is 0. The van der Waals surface area contributed by atoms with Crippen LogP contribution < -0.4 is 21.5 Å². The first-order valence-corrected chi connectivity index (χ1v) is 5.33. The molecule has 0 saturated carbocycles. The van der Waals surface area contributed by atoms with Crippen LogP contribution in [-0.4, -0.2) is 4.57 Å². The lowest BCUT2D eigenvalue weighted by atomic mass is 10.3. The van der Waals surface area contributed by atoms with E-state index in [1.165, 1.54) is 38.1 Å². The summed E-state index contributed by atoms with van der Waals surface area (Å²) in [4.78, 5) is 0. The van der Waals surface area contributed by atoms with Crippen molar-refractivity contribution in [3.8, 4) is 0 Å². The van der Waals surface area contributed by atoms with E-state index in [1.54, 1.807) is 0 Å². The number of unbranched alkanes of at least 4 members (excludes halogenated alkanes) is 1. The van der Waals surface area contributed by atoms with Crippen LogP contribution in [0.5, 0.6) is 0 Å². The first kappa shape index (κ1) is 13.7. The van der Waals surface area contributed by atoms with Gasteiger partial charge in [-0.05, 0) is 12.8 Å². The molecule has 0 aromatic carbocycles. The molecule has 0 fully saturated rings. The molecular weight excluding hydrogens is 240 g/mol. The quantitative estimate of drug-likeness (QED) is 0.606. The molecule has 3 heteroatoms. The maximum absolute atomic E-state index is 2.38. The summed E-state index contributed by atoms with van der Waals surface area (Å²) in [5.74, 6) is 1.45. The van der Waals surface area contributed by atoms with Gasteiger partial charge in [0, 0.05) is 6.42 Å². The van der Waals surface area contributed by atoms with Gasteiger partial charge < -0.3 is 17.0 Å². The van der Waals surface area contributed by atoms with E-state index in [-0.39, 0.29) is 17.0 Å². The van der Waals surface area contributed by atoms with Crippen molar-refractivity contribution in [1.82, 2.24) is 4.57 Å². The fraction of sp³-hybridized carbons (Fsp3) is 0.727. The van der Waals surface area contributed by atoms with Crippen LogP contribution >= 0.6 is 0 Å². The minimum atomic E-state index is 0. The smallest absolute Gasteiger partial charge is 0.256 e. The number of rotatable bonds is 5. The van der Waals surface area contributed by atoms with E-state index in [2.05, 4.69) is 42.4 Å². The van der Waals surface area contributed by atoms with Crippen molar-refractivity contribution in [1.29, 1.82) is 0 Å². The van der Waals surface area contributed by atoms with Gasteiger partial charge in [0.25, 0.3) is 5.82 Å². The van der Waals surface area contributed by atoms with Gasteiger partial charge in [-0.3, -0.25) is 0 Å². The number of aromatic nitrogens is 2. The molecule has 0 atom stereocenters. The first-order valence-electron chi connectivity index (χ1n) is 5.33. The lowest BCUT2D eigenvalue weighted by molar-refractivity contribution is -0.678. The normalized spacial score (nSPS) is 9.93. The molecule has 0 aliphatic rings. The van der Waals surface area contributed by atoms with Crippen LogP contribution in [-0.2, 0) is 20.0 Å². The summed E-state index contributed by atoms with van der Waals surface area (Å²) in [6.07, 6.45) is 9.32. The van der Waals surface area contributed by atoms with Crippen molar-refractivity contribution in [2.75, 3.05) is 0 Å². The fourth-order valence-electron chi connectivity index (χ4n) is 1.63. The molecule has 82 valence electrons. The highest BCUT2D eigenvalue weighted by Crippen LogP contribution is 2.01. The molecule has 0 unspecified atom stereocenters. The Bertz CT molecular complexity index is 256. The average Bonchev–Trinajstić information content (AvgIpc) is 2.46. The minimum absolute atomic E-state index is 0. The molecule has 0 amide bonds. The van der Waals surface area contributed by atoms with E-state index in [0.717, 1.165) is 0 Å². The van der Waals surface area contributed by atoms with Gasteiger partial charge in [0.05, 0.1) is 13.6 Å². The van der Waals surface area contributed by atoms with Crippen molar-refractivity contribution >= 4 is 0 Å². The molecule has 1 heterocycles. The van der Waals surface area contributed by atoms with Crippen molar-refractivity contribution in [3.63, 3.8) is 0 Å². The van der Waals surface area contributed by atoms with E-state index in [9.17, 15) is 0 Å². The first-order chi connectivity index (χ1) is 6.29. The van der Waals surface area contributed by atoms with Crippen molar-refractivity contribution < 1.29 is 21.5 Å². The van der Waals surface area contributed by atoms with Crippen LogP contribution in [0.1, 0.15) is 38.9 Å². The predicted octanol–water partition coefficient (Wildman–Crippen LogP) is -0.931. The monoisotopic (exact) mass is 260 g/mol. The van der Waals surface area contributed by atoms with Crippen LogP contribution in [0.15, 0.2) is 12.4 Å². The third-order valence-corrected chi connectivity index (χ3v) is 2.44. The Morgan fingerprint density at radius 3 is 2.57 bits per heavy atom. The Hall–Kier alpha value is -0.310. The van der Waals surface area contributed by atoms with Crippen molar-refractivity contribution in [2.45, 2.75) is 46.1 Å². The molecule has 0 bridgehead atoms. The highest BCUT2D eigenvalue weighted by molar-refractivity contribution is 4.83. The standard InChI is InChI=1S/C11H21N2.BrH/c1-4-6-8-13-10-9-12(3)11(13)7-5-2;/h9-10H,4-8H2,1-3H3;1H/q+1;/p-1. The molecule has 1 aromatic rings. The zero-order valence-corrected chi connectivity index (χ0v) is 11.0. The SMILES string of the molecule is CCCCn1cc[n+](C)c1CCC.[Br-]. The molecule has 0 aliphatic heterocycles. The van der Waals surface area contributed by atoms with Gasteiger partial charge in [0.1, 0.15) is 12.4 Å².